The van der Waals surface area contributed by atoms with E-state index in [1.165, 1.54) is 6.42 Å². The molecule has 3 rings (SSSR count). The molecule has 0 aromatic heterocycles. The van der Waals surface area contributed by atoms with Crippen molar-refractivity contribution < 1.29 is 4.74 Å². The number of hydrogen-bond donors (Lipinski definition) is 2. The zero-order chi connectivity index (χ0) is 18.8. The summed E-state index contributed by atoms with van der Waals surface area (Å²) in [6, 6.07) is 10.1. The van der Waals surface area contributed by atoms with Gasteiger partial charge in [0.15, 0.2) is 5.11 Å². The lowest BCUT2D eigenvalue weighted by atomic mass is 9.64. The Kier molecular flexibility index (Phi) is 5.04. The van der Waals surface area contributed by atoms with E-state index in [0.29, 0.717) is 0 Å². The highest BCUT2D eigenvalue weighted by atomic mass is 32.1. The number of thiocarbonyl (C=S) groups is 1. The molecule has 1 saturated heterocycles. The summed E-state index contributed by atoms with van der Waals surface area (Å²) in [7, 11) is 0. The Hall–Kier alpha value is -1.98. The number of ether oxygens (including phenoxy) is 1. The molecular formula is C21H27N3OS. The molecule has 1 aromatic rings. The van der Waals surface area contributed by atoms with Crippen LogP contribution in [0.1, 0.15) is 45.6 Å². The SMILES string of the molecule is CC1(C)CCCC2(C)OC12C=CC(C=Cc1ccccc1)=NNC(N)=S. The number of hydrogen-bond acceptors (Lipinski definition) is 3. The summed E-state index contributed by atoms with van der Waals surface area (Å²) in [6.07, 6.45) is 11.6. The lowest BCUT2D eigenvalue weighted by molar-refractivity contribution is 0.166. The number of hydrazone groups is 1. The molecule has 0 spiro atoms. The van der Waals surface area contributed by atoms with Crippen LogP contribution in [0.15, 0.2) is 53.7 Å². The monoisotopic (exact) mass is 369 g/mol. The standard InChI is InChI=1S/C21H27N3OS/c1-19(2)13-7-14-20(3)21(19,25-20)15-12-17(23-24-18(22)26)11-10-16-8-5-4-6-9-16/h4-6,8-12,15H,7,13-14H2,1-3H3,(H3,22,24,26). The van der Waals surface area contributed by atoms with Crippen molar-refractivity contribution in [3.63, 3.8) is 0 Å². The van der Waals surface area contributed by atoms with Gasteiger partial charge in [0.1, 0.15) is 5.60 Å². The summed E-state index contributed by atoms with van der Waals surface area (Å²) in [6.45, 7) is 6.78. The second-order valence-electron chi connectivity index (χ2n) is 7.90. The van der Waals surface area contributed by atoms with E-state index >= 15 is 0 Å². The molecule has 3 N–H and O–H groups in total. The average molecular weight is 370 g/mol. The highest BCUT2D eigenvalue weighted by Gasteiger charge is 2.73. The van der Waals surface area contributed by atoms with Crippen LogP contribution in [-0.2, 0) is 4.74 Å². The van der Waals surface area contributed by atoms with Gasteiger partial charge >= 0.3 is 0 Å². The molecule has 2 atom stereocenters. The lowest BCUT2D eigenvalue weighted by Crippen LogP contribution is -2.41. The third kappa shape index (κ3) is 3.60. The van der Waals surface area contributed by atoms with Gasteiger partial charge < -0.3 is 10.5 Å². The van der Waals surface area contributed by atoms with E-state index in [-0.39, 0.29) is 21.7 Å². The summed E-state index contributed by atoms with van der Waals surface area (Å²) in [4.78, 5) is 0. The smallest absolute Gasteiger partial charge is 0.184 e. The van der Waals surface area contributed by atoms with Crippen molar-refractivity contribution in [1.82, 2.24) is 5.43 Å². The van der Waals surface area contributed by atoms with Crippen LogP contribution in [0.2, 0.25) is 0 Å². The fourth-order valence-corrected chi connectivity index (χ4v) is 4.15. The second-order valence-corrected chi connectivity index (χ2v) is 8.34. The molecule has 2 aliphatic rings. The summed E-state index contributed by atoms with van der Waals surface area (Å²) in [5.74, 6) is 0. The Morgan fingerprint density at radius 1 is 1.19 bits per heavy atom. The van der Waals surface area contributed by atoms with Gasteiger partial charge in [-0.2, -0.15) is 5.10 Å². The molecule has 1 aliphatic carbocycles. The van der Waals surface area contributed by atoms with Crippen LogP contribution in [-0.4, -0.2) is 22.0 Å². The number of allylic oxidation sites excluding steroid dienone is 2. The molecule has 1 heterocycles. The van der Waals surface area contributed by atoms with Crippen molar-refractivity contribution in [2.75, 3.05) is 0 Å². The van der Waals surface area contributed by atoms with Gasteiger partial charge in [-0.3, -0.25) is 5.43 Å². The Bertz CT molecular complexity index is 769. The summed E-state index contributed by atoms with van der Waals surface area (Å²) < 4.78 is 6.27. The van der Waals surface area contributed by atoms with Crippen LogP contribution >= 0.6 is 12.2 Å². The molecule has 2 fully saturated rings. The molecule has 5 heteroatoms. The minimum atomic E-state index is -0.233. The van der Waals surface area contributed by atoms with Crippen molar-refractivity contribution in [2.24, 2.45) is 16.3 Å². The number of benzene rings is 1. The van der Waals surface area contributed by atoms with Crippen molar-refractivity contribution in [1.29, 1.82) is 0 Å². The first-order chi connectivity index (χ1) is 12.3. The van der Waals surface area contributed by atoms with E-state index in [2.05, 4.69) is 37.4 Å². The summed E-state index contributed by atoms with van der Waals surface area (Å²) in [5, 5.41) is 4.46. The molecule has 1 saturated carbocycles. The maximum absolute atomic E-state index is 6.27. The number of epoxide rings is 1. The van der Waals surface area contributed by atoms with Crippen LogP contribution in [0.25, 0.3) is 6.08 Å². The van der Waals surface area contributed by atoms with E-state index in [4.69, 9.17) is 22.7 Å². The molecule has 26 heavy (non-hydrogen) atoms. The van der Waals surface area contributed by atoms with Gasteiger partial charge in [-0.05, 0) is 62.2 Å². The van der Waals surface area contributed by atoms with E-state index in [9.17, 15) is 0 Å². The second kappa shape index (κ2) is 6.97. The minimum Gasteiger partial charge on any atom is -0.375 e. The van der Waals surface area contributed by atoms with E-state index in [0.717, 1.165) is 24.1 Å². The van der Waals surface area contributed by atoms with E-state index < -0.39 is 0 Å². The molecule has 138 valence electrons. The summed E-state index contributed by atoms with van der Waals surface area (Å²) in [5.41, 5.74) is 9.85. The maximum Gasteiger partial charge on any atom is 0.184 e. The number of nitrogens with one attached hydrogen (secondary N) is 1. The molecule has 0 amide bonds. The zero-order valence-electron chi connectivity index (χ0n) is 15.7. The molecule has 0 radical (unpaired) electrons. The molecule has 2 unspecified atom stereocenters. The van der Waals surface area contributed by atoms with Crippen LogP contribution in [0, 0.1) is 5.41 Å². The van der Waals surface area contributed by atoms with Gasteiger partial charge in [0.25, 0.3) is 0 Å². The fourth-order valence-electron chi connectivity index (χ4n) is 4.11. The largest absolute Gasteiger partial charge is 0.375 e. The van der Waals surface area contributed by atoms with Crippen molar-refractivity contribution in [3.05, 3.63) is 54.1 Å². The van der Waals surface area contributed by atoms with Gasteiger partial charge in [0.05, 0.1) is 11.3 Å². The number of nitrogens with zero attached hydrogens (tertiary/aromatic N) is 1. The van der Waals surface area contributed by atoms with E-state index in [1.807, 2.05) is 48.6 Å². The molecule has 4 nitrogen and oxygen atoms in total. The lowest BCUT2D eigenvalue weighted by Gasteiger charge is -2.36. The van der Waals surface area contributed by atoms with E-state index in [1.54, 1.807) is 0 Å². The number of nitrogens with two attached hydrogens (primary N) is 1. The first kappa shape index (κ1) is 18.8. The van der Waals surface area contributed by atoms with Crippen LogP contribution in [0.4, 0.5) is 0 Å². The Morgan fingerprint density at radius 3 is 2.58 bits per heavy atom. The van der Waals surface area contributed by atoms with Gasteiger partial charge in [-0.15, -0.1) is 0 Å². The highest BCUT2D eigenvalue weighted by Crippen LogP contribution is 2.65. The van der Waals surface area contributed by atoms with Crippen LogP contribution in [0.3, 0.4) is 0 Å². The predicted molar refractivity (Wildman–Crippen MR) is 112 cm³/mol. The van der Waals surface area contributed by atoms with Crippen LogP contribution < -0.4 is 11.2 Å². The van der Waals surface area contributed by atoms with Crippen molar-refractivity contribution >= 4 is 29.1 Å². The maximum atomic E-state index is 6.27. The Morgan fingerprint density at radius 2 is 1.92 bits per heavy atom. The van der Waals surface area contributed by atoms with Gasteiger partial charge in [-0.1, -0.05) is 50.3 Å². The third-order valence-electron chi connectivity index (χ3n) is 5.62. The van der Waals surface area contributed by atoms with Gasteiger partial charge in [-0.25, -0.2) is 0 Å². The third-order valence-corrected chi connectivity index (χ3v) is 5.71. The Balaban J connectivity index is 1.84. The first-order valence-electron chi connectivity index (χ1n) is 9.04. The Labute approximate surface area is 161 Å². The van der Waals surface area contributed by atoms with Gasteiger partial charge in [0.2, 0.25) is 0 Å². The van der Waals surface area contributed by atoms with Crippen molar-refractivity contribution in [2.45, 2.75) is 51.2 Å². The molecular weight excluding hydrogens is 342 g/mol. The molecule has 1 aliphatic heterocycles. The highest BCUT2D eigenvalue weighted by molar-refractivity contribution is 7.80. The first-order valence-corrected chi connectivity index (χ1v) is 9.45. The minimum absolute atomic E-state index is 0.0733. The number of fused-ring (bicyclic) bond motifs is 1. The normalized spacial score (nSPS) is 30.3. The molecule has 0 bridgehead atoms. The molecule has 1 aromatic carbocycles. The topological polar surface area (TPSA) is 62.9 Å². The zero-order valence-corrected chi connectivity index (χ0v) is 16.5. The quantitative estimate of drug-likeness (QED) is 0.354. The van der Waals surface area contributed by atoms with Gasteiger partial charge in [0, 0.05) is 5.41 Å². The van der Waals surface area contributed by atoms with Crippen molar-refractivity contribution in [3.8, 4) is 0 Å². The van der Waals surface area contributed by atoms with Crippen LogP contribution in [0.5, 0.6) is 0 Å². The average Bonchev–Trinajstić information content (AvgIpc) is 3.22. The fraction of sp³-hybridized carbons (Fsp3) is 0.429. The predicted octanol–water partition coefficient (Wildman–Crippen LogP) is 4.18. The summed E-state index contributed by atoms with van der Waals surface area (Å²) >= 11 is 4.87. The number of rotatable bonds is 5.